The summed E-state index contributed by atoms with van der Waals surface area (Å²) in [6.07, 6.45) is -4.41. The van der Waals surface area contributed by atoms with Gasteiger partial charge in [0.15, 0.2) is 11.5 Å². The Morgan fingerprint density at radius 1 is 1.00 bits per heavy atom. The number of hydrogen-bond acceptors (Lipinski definition) is 4. The van der Waals surface area contributed by atoms with E-state index in [2.05, 4.69) is 5.32 Å². The molecule has 2 aromatic carbocycles. The maximum Gasteiger partial charge on any atom is 0.416 e. The lowest BCUT2D eigenvalue weighted by atomic mass is 10.1. The van der Waals surface area contributed by atoms with Crippen molar-refractivity contribution in [1.29, 1.82) is 0 Å². The molecule has 2 amide bonds. The third-order valence-corrected chi connectivity index (χ3v) is 4.17. The van der Waals surface area contributed by atoms with Crippen molar-refractivity contribution in [3.63, 3.8) is 0 Å². The Morgan fingerprint density at radius 2 is 1.62 bits per heavy atom. The second-order valence-electron chi connectivity index (χ2n) is 6.20. The molecular weight excluding hydrogens is 389 g/mol. The molecule has 29 heavy (non-hydrogen) atoms. The van der Waals surface area contributed by atoms with E-state index in [9.17, 15) is 22.8 Å². The van der Waals surface area contributed by atoms with Gasteiger partial charge in [0.05, 0.1) is 26.3 Å². The van der Waals surface area contributed by atoms with Gasteiger partial charge in [-0.3, -0.25) is 9.59 Å². The van der Waals surface area contributed by atoms with Gasteiger partial charge in [0.1, 0.15) is 0 Å². The minimum absolute atomic E-state index is 0.114. The van der Waals surface area contributed by atoms with E-state index in [0.717, 1.165) is 12.1 Å². The molecule has 0 aromatic heterocycles. The minimum atomic E-state index is -4.41. The first-order valence-electron chi connectivity index (χ1n) is 8.56. The number of nitrogens with zero attached hydrogens (tertiary/aromatic N) is 1. The third kappa shape index (κ3) is 5.87. The normalized spacial score (nSPS) is 11.0. The molecule has 0 aliphatic carbocycles. The summed E-state index contributed by atoms with van der Waals surface area (Å²) in [6.45, 7) is -0.145. The van der Waals surface area contributed by atoms with E-state index >= 15 is 0 Å². The maximum atomic E-state index is 12.6. The van der Waals surface area contributed by atoms with Crippen molar-refractivity contribution in [3.05, 3.63) is 59.2 Å². The Labute approximate surface area is 166 Å². The number of carbonyl (C=O) groups is 2. The molecule has 1 N–H and O–H groups in total. The standard InChI is InChI=1S/C20H21F3N2O4/c1-25(12-13-4-7-15(8-5-13)20(21,22)23)18(26)11-24-19(27)14-6-9-16(28-2)17(10-14)29-3/h4-10H,11-12H2,1-3H3,(H,24,27). The Kier molecular flexibility index (Phi) is 7.08. The molecule has 0 fully saturated rings. The van der Waals surface area contributed by atoms with E-state index in [0.29, 0.717) is 22.6 Å². The van der Waals surface area contributed by atoms with Crippen molar-refractivity contribution >= 4 is 11.8 Å². The van der Waals surface area contributed by atoms with Crippen LogP contribution in [0, 0.1) is 0 Å². The Balaban J connectivity index is 1.92. The molecule has 2 rings (SSSR count). The Morgan fingerprint density at radius 3 is 2.17 bits per heavy atom. The fourth-order valence-electron chi connectivity index (χ4n) is 2.53. The van der Waals surface area contributed by atoms with Crippen molar-refractivity contribution in [2.24, 2.45) is 0 Å². The van der Waals surface area contributed by atoms with Gasteiger partial charge >= 0.3 is 6.18 Å². The zero-order valence-corrected chi connectivity index (χ0v) is 16.2. The summed E-state index contributed by atoms with van der Waals surface area (Å²) in [7, 11) is 4.42. The quantitative estimate of drug-likeness (QED) is 0.762. The molecule has 0 aliphatic heterocycles. The minimum Gasteiger partial charge on any atom is -0.493 e. The van der Waals surface area contributed by atoms with Gasteiger partial charge in [-0.25, -0.2) is 0 Å². The number of carbonyl (C=O) groups excluding carboxylic acids is 2. The van der Waals surface area contributed by atoms with Gasteiger partial charge in [0.25, 0.3) is 5.91 Å². The van der Waals surface area contributed by atoms with Crippen molar-refractivity contribution in [3.8, 4) is 11.5 Å². The lowest BCUT2D eigenvalue weighted by molar-refractivity contribution is -0.137. The van der Waals surface area contributed by atoms with Crippen LogP contribution in [0.4, 0.5) is 13.2 Å². The number of nitrogens with one attached hydrogen (secondary N) is 1. The second kappa shape index (κ2) is 9.31. The molecule has 0 saturated carbocycles. The van der Waals surface area contributed by atoms with Gasteiger partial charge in [-0.2, -0.15) is 13.2 Å². The van der Waals surface area contributed by atoms with Crippen LogP contribution in [-0.2, 0) is 17.5 Å². The second-order valence-corrected chi connectivity index (χ2v) is 6.20. The molecule has 0 aliphatic rings. The smallest absolute Gasteiger partial charge is 0.416 e. The highest BCUT2D eigenvalue weighted by Crippen LogP contribution is 2.29. The number of benzene rings is 2. The SMILES string of the molecule is COc1ccc(C(=O)NCC(=O)N(C)Cc2ccc(C(F)(F)F)cc2)cc1OC. The highest BCUT2D eigenvalue weighted by atomic mass is 19.4. The molecule has 2 aromatic rings. The number of methoxy groups -OCH3 is 2. The number of rotatable bonds is 7. The number of alkyl halides is 3. The van der Waals surface area contributed by atoms with E-state index in [1.54, 1.807) is 6.07 Å². The summed E-state index contributed by atoms with van der Waals surface area (Å²) < 4.78 is 48.0. The van der Waals surface area contributed by atoms with Crippen LogP contribution in [0.1, 0.15) is 21.5 Å². The third-order valence-electron chi connectivity index (χ3n) is 4.17. The van der Waals surface area contributed by atoms with E-state index in [1.165, 1.54) is 50.4 Å². The number of halogens is 3. The first-order chi connectivity index (χ1) is 13.7. The molecule has 0 bridgehead atoms. The Bertz CT molecular complexity index is 867. The fourth-order valence-corrected chi connectivity index (χ4v) is 2.53. The van der Waals surface area contributed by atoms with Crippen LogP contribution in [-0.4, -0.2) is 44.5 Å². The number of likely N-dealkylation sites (N-methyl/N-ethyl adjacent to an activating group) is 1. The van der Waals surface area contributed by atoms with Gasteiger partial charge in [-0.1, -0.05) is 12.1 Å². The summed E-state index contributed by atoms with van der Waals surface area (Å²) >= 11 is 0. The van der Waals surface area contributed by atoms with Crippen molar-refractivity contribution in [1.82, 2.24) is 10.2 Å². The van der Waals surface area contributed by atoms with Crippen LogP contribution in [0.25, 0.3) is 0 Å². The molecule has 6 nitrogen and oxygen atoms in total. The van der Waals surface area contributed by atoms with Gasteiger partial charge < -0.3 is 19.7 Å². The molecule has 0 radical (unpaired) electrons. The molecule has 156 valence electrons. The van der Waals surface area contributed by atoms with Crippen molar-refractivity contribution in [2.75, 3.05) is 27.8 Å². The van der Waals surface area contributed by atoms with E-state index in [4.69, 9.17) is 9.47 Å². The number of amides is 2. The van der Waals surface area contributed by atoms with E-state index in [1.807, 2.05) is 0 Å². The van der Waals surface area contributed by atoms with Crippen molar-refractivity contribution in [2.45, 2.75) is 12.7 Å². The van der Waals surface area contributed by atoms with Gasteiger partial charge in [0.2, 0.25) is 5.91 Å². The topological polar surface area (TPSA) is 67.9 Å². The van der Waals surface area contributed by atoms with Crippen LogP contribution < -0.4 is 14.8 Å². The van der Waals surface area contributed by atoms with Crippen molar-refractivity contribution < 1.29 is 32.2 Å². The summed E-state index contributed by atoms with van der Waals surface area (Å²) in [5.41, 5.74) is 0.0818. The molecule has 0 spiro atoms. The largest absolute Gasteiger partial charge is 0.493 e. The summed E-state index contributed by atoms with van der Waals surface area (Å²) in [4.78, 5) is 25.8. The Hall–Kier alpha value is -3.23. The fraction of sp³-hybridized carbons (Fsp3) is 0.300. The van der Waals surface area contributed by atoms with Crippen LogP contribution in [0.5, 0.6) is 11.5 Å². The monoisotopic (exact) mass is 410 g/mol. The number of ether oxygens (including phenoxy) is 2. The van der Waals surface area contributed by atoms with E-state index < -0.39 is 23.6 Å². The average molecular weight is 410 g/mol. The maximum absolute atomic E-state index is 12.6. The molecule has 0 saturated heterocycles. The molecule has 0 atom stereocenters. The average Bonchev–Trinajstić information content (AvgIpc) is 2.70. The summed E-state index contributed by atoms with van der Waals surface area (Å²) in [6, 6.07) is 9.16. The van der Waals surface area contributed by atoms with Crippen LogP contribution in [0.2, 0.25) is 0 Å². The van der Waals surface area contributed by atoms with Crippen LogP contribution in [0.15, 0.2) is 42.5 Å². The predicted octanol–water partition coefficient (Wildman–Crippen LogP) is 3.11. The van der Waals surface area contributed by atoms with Gasteiger partial charge in [0, 0.05) is 19.2 Å². The predicted molar refractivity (Wildman–Crippen MR) is 99.8 cm³/mol. The highest BCUT2D eigenvalue weighted by molar-refractivity contribution is 5.97. The molecule has 0 unspecified atom stereocenters. The first-order valence-corrected chi connectivity index (χ1v) is 8.56. The first kappa shape index (κ1) is 22.1. The van der Waals surface area contributed by atoms with Gasteiger partial charge in [-0.05, 0) is 35.9 Å². The van der Waals surface area contributed by atoms with Crippen LogP contribution >= 0.6 is 0 Å². The summed E-state index contributed by atoms with van der Waals surface area (Å²) in [5, 5.41) is 2.51. The van der Waals surface area contributed by atoms with Crippen LogP contribution in [0.3, 0.4) is 0 Å². The molecule has 9 heteroatoms. The lowest BCUT2D eigenvalue weighted by Crippen LogP contribution is -2.37. The van der Waals surface area contributed by atoms with E-state index in [-0.39, 0.29) is 13.1 Å². The zero-order valence-electron chi connectivity index (χ0n) is 16.2. The lowest BCUT2D eigenvalue weighted by Gasteiger charge is -2.18. The number of hydrogen-bond donors (Lipinski definition) is 1. The highest BCUT2D eigenvalue weighted by Gasteiger charge is 2.30. The summed E-state index contributed by atoms with van der Waals surface area (Å²) in [5.74, 6) is -0.0109. The van der Waals surface area contributed by atoms with Gasteiger partial charge in [-0.15, -0.1) is 0 Å². The zero-order chi connectivity index (χ0) is 21.6. The molecular formula is C20H21F3N2O4. The molecule has 0 heterocycles.